The van der Waals surface area contributed by atoms with Crippen LogP contribution in [0.5, 0.6) is 0 Å². The van der Waals surface area contributed by atoms with E-state index in [1.165, 1.54) is 6.07 Å². The van der Waals surface area contributed by atoms with Gasteiger partial charge in [-0.1, -0.05) is 6.42 Å². The Balaban J connectivity index is 2.18. The van der Waals surface area contributed by atoms with Crippen molar-refractivity contribution >= 4 is 27.5 Å². The summed E-state index contributed by atoms with van der Waals surface area (Å²) < 4.78 is 38.4. The third-order valence-corrected chi connectivity index (χ3v) is 4.15. The van der Waals surface area contributed by atoms with Crippen LogP contribution in [-0.4, -0.2) is 11.9 Å². The fraction of sp³-hybridized carbons (Fsp3) is 0.462. The number of benzene rings is 1. The highest BCUT2D eigenvalue weighted by Crippen LogP contribution is 2.34. The van der Waals surface area contributed by atoms with E-state index in [0.717, 1.165) is 25.0 Å². The predicted molar refractivity (Wildman–Crippen MR) is 73.1 cm³/mol. The third kappa shape index (κ3) is 3.32. The Morgan fingerprint density at radius 3 is 2.60 bits per heavy atom. The number of rotatable bonds is 2. The molecule has 0 bridgehead atoms. The molecule has 1 aromatic carbocycles. The smallest absolute Gasteiger partial charge is 0.327 e. The largest absolute Gasteiger partial charge is 0.416 e. The monoisotopic (exact) mass is 350 g/mol. The molecule has 2 unspecified atom stereocenters. The van der Waals surface area contributed by atoms with Crippen LogP contribution >= 0.6 is 15.9 Å². The molecule has 7 heteroatoms. The Hall–Kier alpha value is -1.08. The number of nitrogens with two attached hydrogens (primary N) is 1. The van der Waals surface area contributed by atoms with E-state index in [2.05, 4.69) is 21.2 Å². The van der Waals surface area contributed by atoms with E-state index in [0.29, 0.717) is 10.9 Å². The molecule has 0 heterocycles. The lowest BCUT2D eigenvalue weighted by Crippen LogP contribution is -2.34. The predicted octanol–water partition coefficient (Wildman–Crippen LogP) is 3.53. The van der Waals surface area contributed by atoms with Gasteiger partial charge in [-0.2, -0.15) is 13.2 Å². The van der Waals surface area contributed by atoms with E-state index >= 15 is 0 Å². The second-order valence-electron chi connectivity index (χ2n) is 4.88. The summed E-state index contributed by atoms with van der Waals surface area (Å²) in [4.78, 5) is 12.0. The van der Waals surface area contributed by atoms with Gasteiger partial charge in [-0.3, -0.25) is 4.79 Å². The second-order valence-corrected chi connectivity index (χ2v) is 5.74. The maximum atomic E-state index is 12.7. The number of alkyl halides is 3. The van der Waals surface area contributed by atoms with Crippen molar-refractivity contribution in [2.45, 2.75) is 31.5 Å². The normalized spacial score (nSPS) is 22.9. The lowest BCUT2D eigenvalue weighted by Gasteiger charge is -2.17. The third-order valence-electron chi connectivity index (χ3n) is 3.46. The van der Waals surface area contributed by atoms with E-state index in [9.17, 15) is 18.0 Å². The number of hydrogen-bond acceptors (Lipinski definition) is 2. The number of hydrogen-bond donors (Lipinski definition) is 2. The Kier molecular flexibility index (Phi) is 4.39. The first kappa shape index (κ1) is 15.3. The molecule has 0 aromatic heterocycles. The van der Waals surface area contributed by atoms with Gasteiger partial charge in [0, 0.05) is 10.5 Å². The molecule has 1 fully saturated rings. The van der Waals surface area contributed by atoms with Crippen LogP contribution in [0.15, 0.2) is 22.7 Å². The van der Waals surface area contributed by atoms with Crippen molar-refractivity contribution in [3.63, 3.8) is 0 Å². The Morgan fingerprint density at radius 2 is 2.05 bits per heavy atom. The van der Waals surface area contributed by atoms with Gasteiger partial charge >= 0.3 is 6.18 Å². The van der Waals surface area contributed by atoms with Gasteiger partial charge in [0.05, 0.1) is 17.2 Å². The van der Waals surface area contributed by atoms with Gasteiger partial charge < -0.3 is 11.1 Å². The molecule has 20 heavy (non-hydrogen) atoms. The zero-order valence-electron chi connectivity index (χ0n) is 10.5. The number of amides is 1. The number of nitrogens with one attached hydrogen (secondary N) is 1. The van der Waals surface area contributed by atoms with Gasteiger partial charge in [0.25, 0.3) is 0 Å². The Bertz CT molecular complexity index is 519. The standard InChI is InChI=1S/C13H14BrF3N2O/c14-9-5-4-7(13(15,16)17)6-11(9)19-12(20)8-2-1-3-10(8)18/h4-6,8,10H,1-3,18H2,(H,19,20). The Morgan fingerprint density at radius 1 is 1.35 bits per heavy atom. The van der Waals surface area contributed by atoms with Gasteiger partial charge in [-0.15, -0.1) is 0 Å². The molecular weight excluding hydrogens is 337 g/mol. The highest BCUT2D eigenvalue weighted by atomic mass is 79.9. The first-order chi connectivity index (χ1) is 9.29. The van der Waals surface area contributed by atoms with Crippen LogP contribution in [0.1, 0.15) is 24.8 Å². The lowest BCUT2D eigenvalue weighted by atomic mass is 10.0. The highest BCUT2D eigenvalue weighted by molar-refractivity contribution is 9.10. The summed E-state index contributed by atoms with van der Waals surface area (Å²) >= 11 is 3.14. The summed E-state index contributed by atoms with van der Waals surface area (Å²) in [6, 6.07) is 2.93. The van der Waals surface area contributed by atoms with E-state index in [1.54, 1.807) is 0 Å². The average Bonchev–Trinajstić information content (AvgIpc) is 2.77. The Labute approximate surface area is 122 Å². The van der Waals surface area contributed by atoms with Crippen molar-refractivity contribution < 1.29 is 18.0 Å². The molecule has 3 nitrogen and oxygen atoms in total. The topological polar surface area (TPSA) is 55.1 Å². The lowest BCUT2D eigenvalue weighted by molar-refractivity contribution is -0.137. The number of anilines is 1. The summed E-state index contributed by atoms with van der Waals surface area (Å²) in [7, 11) is 0. The van der Waals surface area contributed by atoms with Crippen molar-refractivity contribution in [3.8, 4) is 0 Å². The van der Waals surface area contributed by atoms with Gasteiger partial charge in [0.1, 0.15) is 0 Å². The van der Waals surface area contributed by atoms with Crippen molar-refractivity contribution in [2.75, 3.05) is 5.32 Å². The fourth-order valence-electron chi connectivity index (χ4n) is 2.34. The van der Waals surface area contributed by atoms with Gasteiger partial charge in [-0.25, -0.2) is 0 Å². The summed E-state index contributed by atoms with van der Waals surface area (Å²) in [5.41, 5.74) is 5.13. The summed E-state index contributed by atoms with van der Waals surface area (Å²) in [6.45, 7) is 0. The number of halogens is 4. The highest BCUT2D eigenvalue weighted by Gasteiger charge is 2.33. The zero-order valence-corrected chi connectivity index (χ0v) is 12.1. The molecule has 2 atom stereocenters. The van der Waals surface area contributed by atoms with Crippen molar-refractivity contribution in [3.05, 3.63) is 28.2 Å². The molecule has 3 N–H and O–H groups in total. The average molecular weight is 351 g/mol. The molecule has 1 saturated carbocycles. The molecule has 0 spiro atoms. The molecule has 0 radical (unpaired) electrons. The van der Waals surface area contributed by atoms with E-state index in [1.807, 2.05) is 0 Å². The van der Waals surface area contributed by atoms with E-state index in [4.69, 9.17) is 5.73 Å². The number of carbonyl (C=O) groups is 1. The van der Waals surface area contributed by atoms with Gasteiger partial charge in [-0.05, 0) is 47.0 Å². The minimum Gasteiger partial charge on any atom is -0.327 e. The van der Waals surface area contributed by atoms with Crippen LogP contribution in [-0.2, 0) is 11.0 Å². The molecule has 1 aliphatic carbocycles. The van der Waals surface area contributed by atoms with Crippen LogP contribution in [0.3, 0.4) is 0 Å². The van der Waals surface area contributed by atoms with Crippen LogP contribution in [0, 0.1) is 5.92 Å². The van der Waals surface area contributed by atoms with Crippen molar-refractivity contribution in [1.29, 1.82) is 0 Å². The van der Waals surface area contributed by atoms with Crippen LogP contribution in [0.4, 0.5) is 18.9 Å². The van der Waals surface area contributed by atoms with Crippen LogP contribution in [0.25, 0.3) is 0 Å². The van der Waals surface area contributed by atoms with E-state index in [-0.39, 0.29) is 23.6 Å². The van der Waals surface area contributed by atoms with Crippen LogP contribution in [0.2, 0.25) is 0 Å². The molecule has 110 valence electrons. The molecular formula is C13H14BrF3N2O. The molecule has 0 saturated heterocycles. The van der Waals surface area contributed by atoms with Gasteiger partial charge in [0.15, 0.2) is 0 Å². The fourth-order valence-corrected chi connectivity index (χ4v) is 2.68. The summed E-state index contributed by atoms with van der Waals surface area (Å²) in [5, 5.41) is 2.53. The molecule has 1 amide bonds. The molecule has 2 rings (SSSR count). The number of carbonyl (C=O) groups excluding carboxylic acids is 1. The first-order valence-corrected chi connectivity index (χ1v) is 7.01. The maximum absolute atomic E-state index is 12.7. The van der Waals surface area contributed by atoms with E-state index < -0.39 is 11.7 Å². The minimum atomic E-state index is -4.44. The second kappa shape index (κ2) is 5.73. The maximum Gasteiger partial charge on any atom is 0.416 e. The molecule has 1 aliphatic rings. The first-order valence-electron chi connectivity index (χ1n) is 6.22. The zero-order chi connectivity index (χ0) is 14.9. The molecule has 1 aromatic rings. The summed E-state index contributed by atoms with van der Waals surface area (Å²) in [5.74, 6) is -0.661. The SMILES string of the molecule is NC1CCCC1C(=O)Nc1cc(C(F)(F)F)ccc1Br. The van der Waals surface area contributed by atoms with Crippen molar-refractivity contribution in [1.82, 2.24) is 0 Å². The minimum absolute atomic E-state index is 0.115. The summed E-state index contributed by atoms with van der Waals surface area (Å²) in [6.07, 6.45) is -2.14. The quantitative estimate of drug-likeness (QED) is 0.857. The van der Waals surface area contributed by atoms with Crippen molar-refractivity contribution in [2.24, 2.45) is 11.7 Å². The van der Waals surface area contributed by atoms with Crippen LogP contribution < -0.4 is 11.1 Å². The van der Waals surface area contributed by atoms with Gasteiger partial charge in [0.2, 0.25) is 5.91 Å². The molecule has 0 aliphatic heterocycles.